The molecule has 0 aromatic rings. The van der Waals surface area contributed by atoms with E-state index in [4.69, 9.17) is 4.74 Å². The van der Waals surface area contributed by atoms with Gasteiger partial charge in [-0.05, 0) is 31.1 Å². The van der Waals surface area contributed by atoms with Gasteiger partial charge in [0.05, 0.1) is 0 Å². The molecule has 0 spiro atoms. The molecule has 1 rings (SSSR count). The van der Waals surface area contributed by atoms with E-state index in [9.17, 15) is 4.79 Å². The van der Waals surface area contributed by atoms with E-state index < -0.39 is 0 Å². The summed E-state index contributed by atoms with van der Waals surface area (Å²) in [6.07, 6.45) is 4.05. The van der Waals surface area contributed by atoms with Crippen molar-refractivity contribution in [2.45, 2.75) is 52.6 Å². The van der Waals surface area contributed by atoms with E-state index in [2.05, 4.69) is 20.8 Å². The van der Waals surface area contributed by atoms with Gasteiger partial charge in [-0.2, -0.15) is 0 Å². The lowest BCUT2D eigenvalue weighted by Crippen LogP contribution is -2.28. The molecule has 0 saturated carbocycles. The van der Waals surface area contributed by atoms with Crippen LogP contribution in [-0.4, -0.2) is 12.1 Å². The summed E-state index contributed by atoms with van der Waals surface area (Å²) in [7, 11) is 0. The maximum absolute atomic E-state index is 11.1. The number of hydrogen-bond donors (Lipinski definition) is 0. The molecule has 2 atom stereocenters. The van der Waals surface area contributed by atoms with Crippen LogP contribution in [0.2, 0.25) is 0 Å². The molecular weight excluding hydrogens is 164 g/mol. The van der Waals surface area contributed by atoms with Crippen LogP contribution in [0.25, 0.3) is 0 Å². The SMILES string of the molecule is CC(C)CC[C@@H]1C[C@@H](C)CC(=O)O1. The van der Waals surface area contributed by atoms with Crippen LogP contribution < -0.4 is 0 Å². The Morgan fingerprint density at radius 3 is 2.77 bits per heavy atom. The average molecular weight is 184 g/mol. The molecule has 2 nitrogen and oxygen atoms in total. The fourth-order valence-electron chi connectivity index (χ4n) is 1.79. The van der Waals surface area contributed by atoms with Gasteiger partial charge in [-0.3, -0.25) is 4.79 Å². The second kappa shape index (κ2) is 4.64. The van der Waals surface area contributed by atoms with Crippen molar-refractivity contribution in [3.05, 3.63) is 0 Å². The van der Waals surface area contributed by atoms with Gasteiger partial charge in [0.1, 0.15) is 6.10 Å². The quantitative estimate of drug-likeness (QED) is 0.630. The second-order valence-corrected chi connectivity index (χ2v) is 4.63. The summed E-state index contributed by atoms with van der Waals surface area (Å²) in [6.45, 7) is 6.53. The minimum Gasteiger partial charge on any atom is -0.462 e. The second-order valence-electron chi connectivity index (χ2n) is 4.63. The first kappa shape index (κ1) is 10.6. The summed E-state index contributed by atoms with van der Waals surface area (Å²) < 4.78 is 5.27. The average Bonchev–Trinajstić information content (AvgIpc) is 1.99. The van der Waals surface area contributed by atoms with Gasteiger partial charge in [0.25, 0.3) is 0 Å². The summed E-state index contributed by atoms with van der Waals surface area (Å²) in [6, 6.07) is 0. The molecule has 0 unspecified atom stereocenters. The highest BCUT2D eigenvalue weighted by Crippen LogP contribution is 2.24. The third-order valence-electron chi connectivity index (χ3n) is 2.54. The monoisotopic (exact) mass is 184 g/mol. The number of carbonyl (C=O) groups excluding carboxylic acids is 1. The molecular formula is C11H20O2. The minimum absolute atomic E-state index is 0.00694. The third kappa shape index (κ3) is 3.79. The number of cyclic esters (lactones) is 1. The Morgan fingerprint density at radius 1 is 1.54 bits per heavy atom. The zero-order valence-corrected chi connectivity index (χ0v) is 8.88. The maximum Gasteiger partial charge on any atom is 0.306 e. The van der Waals surface area contributed by atoms with E-state index in [1.54, 1.807) is 0 Å². The third-order valence-corrected chi connectivity index (χ3v) is 2.54. The van der Waals surface area contributed by atoms with Crippen LogP contribution in [0.5, 0.6) is 0 Å². The molecule has 0 aliphatic carbocycles. The predicted molar refractivity (Wildman–Crippen MR) is 52.4 cm³/mol. The van der Waals surface area contributed by atoms with Crippen molar-refractivity contribution in [3.8, 4) is 0 Å². The first-order valence-electron chi connectivity index (χ1n) is 5.27. The molecule has 1 aliphatic heterocycles. The molecule has 0 radical (unpaired) electrons. The molecule has 0 N–H and O–H groups in total. The number of carbonyl (C=O) groups is 1. The van der Waals surface area contributed by atoms with E-state index in [0.29, 0.717) is 18.3 Å². The Kier molecular flexibility index (Phi) is 3.76. The Morgan fingerprint density at radius 2 is 2.23 bits per heavy atom. The zero-order valence-electron chi connectivity index (χ0n) is 8.88. The van der Waals surface area contributed by atoms with Gasteiger partial charge in [0, 0.05) is 6.42 Å². The van der Waals surface area contributed by atoms with Crippen molar-refractivity contribution < 1.29 is 9.53 Å². The standard InChI is InChI=1S/C11H20O2/c1-8(2)4-5-10-6-9(3)7-11(12)13-10/h8-10H,4-7H2,1-3H3/t9-,10-/m1/s1. The van der Waals surface area contributed by atoms with Crippen molar-refractivity contribution in [1.82, 2.24) is 0 Å². The van der Waals surface area contributed by atoms with Gasteiger partial charge in [0.15, 0.2) is 0 Å². The number of rotatable bonds is 3. The van der Waals surface area contributed by atoms with E-state index in [-0.39, 0.29) is 12.1 Å². The van der Waals surface area contributed by atoms with Gasteiger partial charge in [-0.15, -0.1) is 0 Å². The molecule has 0 aromatic heterocycles. The molecule has 13 heavy (non-hydrogen) atoms. The smallest absolute Gasteiger partial charge is 0.306 e. The molecule has 1 saturated heterocycles. The molecule has 0 bridgehead atoms. The molecule has 2 heteroatoms. The molecule has 0 amide bonds. The Bertz CT molecular complexity index is 175. The van der Waals surface area contributed by atoms with Crippen molar-refractivity contribution in [2.75, 3.05) is 0 Å². The summed E-state index contributed by atoms with van der Waals surface area (Å²) in [5.41, 5.74) is 0. The van der Waals surface area contributed by atoms with Crippen LogP contribution >= 0.6 is 0 Å². The molecule has 1 aliphatic rings. The van der Waals surface area contributed by atoms with Gasteiger partial charge >= 0.3 is 5.97 Å². The fraction of sp³-hybridized carbons (Fsp3) is 0.909. The van der Waals surface area contributed by atoms with E-state index in [1.807, 2.05) is 0 Å². The van der Waals surface area contributed by atoms with Crippen LogP contribution in [-0.2, 0) is 9.53 Å². The van der Waals surface area contributed by atoms with Crippen LogP contribution in [0.1, 0.15) is 46.5 Å². The van der Waals surface area contributed by atoms with Gasteiger partial charge < -0.3 is 4.74 Å². The summed E-state index contributed by atoms with van der Waals surface area (Å²) in [4.78, 5) is 11.1. The largest absolute Gasteiger partial charge is 0.462 e. The number of ether oxygens (including phenoxy) is 1. The van der Waals surface area contributed by atoms with Crippen LogP contribution in [0.4, 0.5) is 0 Å². The first-order valence-corrected chi connectivity index (χ1v) is 5.27. The molecule has 1 fully saturated rings. The minimum atomic E-state index is -0.00694. The highest BCUT2D eigenvalue weighted by atomic mass is 16.5. The maximum atomic E-state index is 11.1. The topological polar surface area (TPSA) is 26.3 Å². The van der Waals surface area contributed by atoms with Crippen LogP contribution in [0.15, 0.2) is 0 Å². The first-order chi connectivity index (χ1) is 6.08. The van der Waals surface area contributed by atoms with Crippen molar-refractivity contribution >= 4 is 5.97 Å². The predicted octanol–water partition coefficient (Wildman–Crippen LogP) is 2.76. The van der Waals surface area contributed by atoms with Gasteiger partial charge in [-0.25, -0.2) is 0 Å². The summed E-state index contributed by atoms with van der Waals surface area (Å²) >= 11 is 0. The Balaban J connectivity index is 2.29. The van der Waals surface area contributed by atoms with Gasteiger partial charge in [-0.1, -0.05) is 20.8 Å². The number of esters is 1. The van der Waals surface area contributed by atoms with Crippen molar-refractivity contribution in [1.29, 1.82) is 0 Å². The summed E-state index contributed by atoms with van der Waals surface area (Å²) in [5.74, 6) is 1.21. The van der Waals surface area contributed by atoms with E-state index >= 15 is 0 Å². The number of hydrogen-bond acceptors (Lipinski definition) is 2. The molecule has 76 valence electrons. The Hall–Kier alpha value is -0.530. The normalized spacial score (nSPS) is 29.1. The van der Waals surface area contributed by atoms with Crippen LogP contribution in [0, 0.1) is 11.8 Å². The fourth-order valence-corrected chi connectivity index (χ4v) is 1.79. The van der Waals surface area contributed by atoms with Gasteiger partial charge in [0.2, 0.25) is 0 Å². The summed E-state index contributed by atoms with van der Waals surface area (Å²) in [5, 5.41) is 0. The highest BCUT2D eigenvalue weighted by molar-refractivity contribution is 5.70. The highest BCUT2D eigenvalue weighted by Gasteiger charge is 2.25. The van der Waals surface area contributed by atoms with Crippen molar-refractivity contribution in [3.63, 3.8) is 0 Å². The lowest BCUT2D eigenvalue weighted by molar-refractivity contribution is -0.156. The molecule has 0 aromatic carbocycles. The van der Waals surface area contributed by atoms with Crippen molar-refractivity contribution in [2.24, 2.45) is 11.8 Å². The van der Waals surface area contributed by atoms with E-state index in [0.717, 1.165) is 19.3 Å². The lowest BCUT2D eigenvalue weighted by Gasteiger charge is -2.27. The van der Waals surface area contributed by atoms with Crippen LogP contribution in [0.3, 0.4) is 0 Å². The van der Waals surface area contributed by atoms with E-state index in [1.165, 1.54) is 0 Å². The lowest BCUT2D eigenvalue weighted by atomic mass is 9.93. The zero-order chi connectivity index (χ0) is 9.84. The molecule has 1 heterocycles. The Labute approximate surface area is 80.7 Å².